The van der Waals surface area contributed by atoms with Crippen molar-refractivity contribution in [2.75, 3.05) is 6.54 Å². The lowest BCUT2D eigenvalue weighted by Gasteiger charge is -2.12. The van der Waals surface area contributed by atoms with Crippen molar-refractivity contribution in [1.82, 2.24) is 28.8 Å². The van der Waals surface area contributed by atoms with E-state index in [2.05, 4.69) is 14.7 Å². The summed E-state index contributed by atoms with van der Waals surface area (Å²) in [5.74, 6) is 0. The molecule has 5 aromatic rings. The first-order chi connectivity index (χ1) is 17.6. The van der Waals surface area contributed by atoms with Crippen molar-refractivity contribution in [1.29, 1.82) is 0 Å². The Labute approximate surface area is 210 Å². The van der Waals surface area contributed by atoms with Crippen LogP contribution in [0.4, 0.5) is 13.2 Å². The third kappa shape index (κ3) is 4.92. The molecule has 0 saturated carbocycles. The van der Waals surface area contributed by atoms with Crippen LogP contribution in [-0.2, 0) is 37.5 Å². The summed E-state index contributed by atoms with van der Waals surface area (Å²) in [4.78, 5) is 24.8. The van der Waals surface area contributed by atoms with Gasteiger partial charge in [0.05, 0.1) is 24.1 Å². The summed E-state index contributed by atoms with van der Waals surface area (Å²) in [6.45, 7) is 0.355. The molecular formula is C24H20F3N6O3S-. The number of hydrogen-bond donors (Lipinski definition) is 2. The lowest BCUT2D eigenvalue weighted by atomic mass is 10.0. The Hall–Kier alpha value is -3.81. The molecular weight excluding hydrogens is 509 g/mol. The second-order valence-corrected chi connectivity index (χ2v) is 9.27. The number of alkyl halides is 3. The van der Waals surface area contributed by atoms with Gasteiger partial charge in [-0.25, -0.2) is 14.7 Å². The number of halogens is 3. The van der Waals surface area contributed by atoms with E-state index in [0.717, 1.165) is 17.7 Å². The zero-order valence-corrected chi connectivity index (χ0v) is 20.2. The number of rotatable bonds is 7. The number of nitrogens with zero attached hydrogens (tertiary/aromatic N) is 4. The molecule has 1 aromatic carbocycles. The van der Waals surface area contributed by atoms with E-state index < -0.39 is 23.0 Å². The van der Waals surface area contributed by atoms with Crippen LogP contribution in [0.15, 0.2) is 59.9 Å². The molecule has 5 rings (SSSR count). The number of H-pyrrole nitrogens is 1. The Balaban J connectivity index is 1.62. The summed E-state index contributed by atoms with van der Waals surface area (Å²) < 4.78 is 66.3. The molecule has 1 unspecified atom stereocenters. The topological polar surface area (TPSA) is 121 Å². The van der Waals surface area contributed by atoms with Gasteiger partial charge in [-0.2, -0.15) is 13.2 Å². The highest BCUT2D eigenvalue weighted by atomic mass is 32.2. The van der Waals surface area contributed by atoms with Gasteiger partial charge in [-0.3, -0.25) is 9.00 Å². The second-order valence-electron chi connectivity index (χ2n) is 8.51. The molecule has 9 nitrogen and oxygen atoms in total. The number of hydrogen-bond acceptors (Lipinski definition) is 5. The molecule has 4 heterocycles. The molecule has 0 aliphatic carbocycles. The molecule has 0 fully saturated rings. The number of benzene rings is 1. The van der Waals surface area contributed by atoms with Crippen LogP contribution in [0.3, 0.4) is 0 Å². The van der Waals surface area contributed by atoms with Gasteiger partial charge in [-0.05, 0) is 41.8 Å². The van der Waals surface area contributed by atoms with Crippen molar-refractivity contribution in [2.24, 2.45) is 7.05 Å². The molecule has 0 amide bonds. The van der Waals surface area contributed by atoms with E-state index >= 15 is 0 Å². The highest BCUT2D eigenvalue weighted by molar-refractivity contribution is 7.77. The molecule has 0 aliphatic heterocycles. The monoisotopic (exact) mass is 529 g/mol. The number of fused-ring (bicyclic) bond motifs is 2. The fourth-order valence-corrected chi connectivity index (χ4v) is 4.55. The van der Waals surface area contributed by atoms with Crippen molar-refractivity contribution in [3.05, 3.63) is 82.2 Å². The van der Waals surface area contributed by atoms with Crippen LogP contribution in [0, 0.1) is 0 Å². The van der Waals surface area contributed by atoms with Crippen LogP contribution in [-0.4, -0.2) is 39.4 Å². The molecule has 0 aliphatic rings. The largest absolute Gasteiger partial charge is 0.760 e. The zero-order valence-electron chi connectivity index (χ0n) is 19.4. The predicted molar refractivity (Wildman–Crippen MR) is 131 cm³/mol. The number of pyridine rings is 2. The summed E-state index contributed by atoms with van der Waals surface area (Å²) in [6, 6.07) is 8.45. The standard InChI is InChI=1S/C24H21F3N6O3S/c1-32-12-18(17-7-8-28-21(17)23(32)34)19-10-15(6-9-30-37(35)36)20-22(31-19)33(13-29-20)11-14-2-4-16(5-3-14)24(25,26)27/h2-5,7-8,10,12-13,28,30H,6,9,11H2,1H3,(H,35,36)/p-1. The first-order valence-corrected chi connectivity index (χ1v) is 12.2. The van der Waals surface area contributed by atoms with Crippen LogP contribution >= 0.6 is 0 Å². The Morgan fingerprint density at radius 1 is 1.19 bits per heavy atom. The van der Waals surface area contributed by atoms with Crippen molar-refractivity contribution in [2.45, 2.75) is 19.1 Å². The molecule has 0 saturated heterocycles. The van der Waals surface area contributed by atoms with Crippen LogP contribution in [0.1, 0.15) is 16.7 Å². The van der Waals surface area contributed by atoms with Crippen molar-refractivity contribution in [3.8, 4) is 11.3 Å². The van der Waals surface area contributed by atoms with Crippen molar-refractivity contribution < 1.29 is 21.9 Å². The third-order valence-electron chi connectivity index (χ3n) is 6.07. The van der Waals surface area contributed by atoms with E-state index in [0.29, 0.717) is 45.3 Å². The average molecular weight is 530 g/mol. The Morgan fingerprint density at radius 3 is 2.65 bits per heavy atom. The molecule has 2 N–H and O–H groups in total. The normalized spacial score (nSPS) is 13.0. The average Bonchev–Trinajstić information content (AvgIpc) is 3.49. The number of aromatic amines is 1. The van der Waals surface area contributed by atoms with E-state index in [4.69, 9.17) is 4.98 Å². The fourth-order valence-electron chi connectivity index (χ4n) is 4.28. The molecule has 0 radical (unpaired) electrons. The summed E-state index contributed by atoms with van der Waals surface area (Å²) in [5.41, 5.74) is 3.09. The first-order valence-electron chi connectivity index (χ1n) is 11.1. The smallest absolute Gasteiger partial charge is 0.416 e. The SMILES string of the molecule is Cn1cc(-c2cc(CCNS(=O)[O-])c3ncn(Cc4ccc(C(F)(F)F)cc4)c3n2)c2cc[nH]c2c1=O. The summed E-state index contributed by atoms with van der Waals surface area (Å²) >= 11 is -2.43. The third-order valence-corrected chi connectivity index (χ3v) is 6.51. The van der Waals surface area contributed by atoms with Gasteiger partial charge in [0.2, 0.25) is 0 Å². The van der Waals surface area contributed by atoms with Crippen LogP contribution in [0.2, 0.25) is 0 Å². The van der Waals surface area contributed by atoms with Gasteiger partial charge in [-0.1, -0.05) is 12.1 Å². The highest BCUT2D eigenvalue weighted by Crippen LogP contribution is 2.31. The highest BCUT2D eigenvalue weighted by Gasteiger charge is 2.30. The summed E-state index contributed by atoms with van der Waals surface area (Å²) in [6.07, 6.45) is 0.788. The van der Waals surface area contributed by atoms with Gasteiger partial charge in [0.25, 0.3) is 5.56 Å². The van der Waals surface area contributed by atoms with E-state index in [-0.39, 0.29) is 18.6 Å². The Bertz CT molecular complexity index is 1690. The van der Waals surface area contributed by atoms with Gasteiger partial charge in [-0.15, -0.1) is 0 Å². The molecule has 0 bridgehead atoms. The quantitative estimate of drug-likeness (QED) is 0.314. The van der Waals surface area contributed by atoms with E-state index in [9.17, 15) is 26.7 Å². The number of aromatic nitrogens is 5. The predicted octanol–water partition coefficient (Wildman–Crippen LogP) is 3.27. The van der Waals surface area contributed by atoms with E-state index in [1.807, 2.05) is 0 Å². The minimum atomic E-state index is -4.42. The maximum Gasteiger partial charge on any atom is 0.416 e. The maximum absolute atomic E-state index is 13.0. The minimum absolute atomic E-state index is 0.132. The van der Waals surface area contributed by atoms with Gasteiger partial charge in [0.15, 0.2) is 5.65 Å². The second kappa shape index (κ2) is 9.57. The number of nitrogens with one attached hydrogen (secondary N) is 2. The lowest BCUT2D eigenvalue weighted by molar-refractivity contribution is -0.137. The first kappa shape index (κ1) is 24.9. The molecule has 13 heteroatoms. The molecule has 0 spiro atoms. The van der Waals surface area contributed by atoms with Crippen LogP contribution in [0.5, 0.6) is 0 Å². The number of imidazole rings is 1. The minimum Gasteiger partial charge on any atom is -0.760 e. The molecule has 192 valence electrons. The van der Waals surface area contributed by atoms with Crippen molar-refractivity contribution >= 4 is 33.3 Å². The van der Waals surface area contributed by atoms with E-state index in [1.54, 1.807) is 42.5 Å². The molecule has 4 aromatic heterocycles. The Morgan fingerprint density at radius 2 is 1.95 bits per heavy atom. The van der Waals surface area contributed by atoms with Crippen LogP contribution in [0.25, 0.3) is 33.3 Å². The van der Waals surface area contributed by atoms with Crippen molar-refractivity contribution in [3.63, 3.8) is 0 Å². The lowest BCUT2D eigenvalue weighted by Crippen LogP contribution is -2.19. The van der Waals surface area contributed by atoms with Gasteiger partial charge >= 0.3 is 6.18 Å². The fraction of sp³-hybridized carbons (Fsp3) is 0.208. The Kier molecular flexibility index (Phi) is 6.43. The number of aryl methyl sites for hydroxylation is 1. The van der Waals surface area contributed by atoms with Gasteiger partial charge in [0.1, 0.15) is 11.0 Å². The summed E-state index contributed by atoms with van der Waals surface area (Å²) in [5, 5.41) is 0.675. The molecule has 1 atom stereocenters. The van der Waals surface area contributed by atoms with Gasteiger partial charge in [0, 0.05) is 48.2 Å². The van der Waals surface area contributed by atoms with Crippen LogP contribution < -0.4 is 10.3 Å². The zero-order chi connectivity index (χ0) is 26.3. The molecule has 37 heavy (non-hydrogen) atoms. The van der Waals surface area contributed by atoms with Gasteiger partial charge < -0.3 is 18.7 Å². The maximum atomic E-state index is 13.0. The van der Waals surface area contributed by atoms with E-state index in [1.165, 1.54) is 16.7 Å². The summed E-state index contributed by atoms with van der Waals surface area (Å²) in [7, 11) is 1.63.